The van der Waals surface area contributed by atoms with Crippen molar-refractivity contribution >= 4 is 17.3 Å². The van der Waals surface area contributed by atoms with Gasteiger partial charge in [-0.05, 0) is 43.3 Å². The van der Waals surface area contributed by atoms with Gasteiger partial charge in [-0.2, -0.15) is 5.26 Å². The first-order valence-electron chi connectivity index (χ1n) is 7.96. The number of ether oxygens (including phenoxy) is 2. The van der Waals surface area contributed by atoms with Gasteiger partial charge in [-0.15, -0.1) is 0 Å². The molecule has 130 valence electrons. The SMILES string of the molecule is CC(=O)c1ccc(OCC(=O)OCc2cn3ccccc3c2C#N)cc1. The molecule has 0 N–H and O–H groups in total. The molecular formula is C20H16N2O4. The Balaban J connectivity index is 1.58. The number of nitriles is 1. The van der Waals surface area contributed by atoms with Gasteiger partial charge in [-0.1, -0.05) is 6.07 Å². The third-order valence-electron chi connectivity index (χ3n) is 3.88. The van der Waals surface area contributed by atoms with E-state index in [4.69, 9.17) is 9.47 Å². The molecule has 0 unspecified atom stereocenters. The number of hydrogen-bond acceptors (Lipinski definition) is 5. The van der Waals surface area contributed by atoms with Crippen LogP contribution in [0.2, 0.25) is 0 Å². The number of pyridine rings is 1. The Hall–Kier alpha value is -3.59. The van der Waals surface area contributed by atoms with E-state index in [1.54, 1.807) is 30.5 Å². The van der Waals surface area contributed by atoms with E-state index >= 15 is 0 Å². The minimum absolute atomic E-state index is 0.00393. The Bertz CT molecular complexity index is 997. The van der Waals surface area contributed by atoms with Crippen molar-refractivity contribution < 1.29 is 19.1 Å². The highest BCUT2D eigenvalue weighted by molar-refractivity contribution is 5.94. The Morgan fingerprint density at radius 2 is 1.92 bits per heavy atom. The molecule has 0 aliphatic carbocycles. The molecule has 0 atom stereocenters. The van der Waals surface area contributed by atoms with Gasteiger partial charge in [0, 0.05) is 23.5 Å². The van der Waals surface area contributed by atoms with E-state index in [9.17, 15) is 14.9 Å². The zero-order chi connectivity index (χ0) is 18.5. The van der Waals surface area contributed by atoms with Crippen molar-refractivity contribution in [2.24, 2.45) is 0 Å². The normalized spacial score (nSPS) is 10.3. The second-order valence-electron chi connectivity index (χ2n) is 5.66. The van der Waals surface area contributed by atoms with Gasteiger partial charge in [-0.25, -0.2) is 4.79 Å². The van der Waals surface area contributed by atoms with Crippen LogP contribution in [0.1, 0.15) is 28.4 Å². The summed E-state index contributed by atoms with van der Waals surface area (Å²) in [6.07, 6.45) is 3.60. The molecule has 0 spiro atoms. The topological polar surface area (TPSA) is 80.8 Å². The molecule has 0 fully saturated rings. The molecule has 0 radical (unpaired) electrons. The van der Waals surface area contributed by atoms with Crippen molar-refractivity contribution in [2.45, 2.75) is 13.5 Å². The summed E-state index contributed by atoms with van der Waals surface area (Å²) < 4.78 is 12.4. The number of esters is 1. The molecule has 2 aromatic heterocycles. The van der Waals surface area contributed by atoms with Gasteiger partial charge in [-0.3, -0.25) is 4.79 Å². The van der Waals surface area contributed by atoms with Gasteiger partial charge >= 0.3 is 5.97 Å². The maximum atomic E-state index is 11.9. The van der Waals surface area contributed by atoms with Crippen LogP contribution in [0.15, 0.2) is 54.9 Å². The largest absolute Gasteiger partial charge is 0.482 e. The average molecular weight is 348 g/mol. The van der Waals surface area contributed by atoms with Crippen molar-refractivity contribution in [2.75, 3.05) is 6.61 Å². The zero-order valence-electron chi connectivity index (χ0n) is 14.1. The number of benzene rings is 1. The second kappa shape index (κ2) is 7.53. The van der Waals surface area contributed by atoms with Gasteiger partial charge in [0.1, 0.15) is 18.4 Å². The van der Waals surface area contributed by atoms with Gasteiger partial charge in [0.25, 0.3) is 0 Å². The molecule has 0 bridgehead atoms. The summed E-state index contributed by atoms with van der Waals surface area (Å²) in [5, 5.41) is 9.33. The van der Waals surface area contributed by atoms with Crippen LogP contribution in [0.4, 0.5) is 0 Å². The molecule has 6 heteroatoms. The number of nitrogens with zero attached hydrogens (tertiary/aromatic N) is 2. The van der Waals surface area contributed by atoms with E-state index in [1.165, 1.54) is 6.92 Å². The molecule has 2 heterocycles. The molecule has 3 rings (SSSR count). The summed E-state index contributed by atoms with van der Waals surface area (Å²) in [6, 6.07) is 14.2. The summed E-state index contributed by atoms with van der Waals surface area (Å²) in [7, 11) is 0. The molecule has 0 aliphatic rings. The number of aromatic nitrogens is 1. The van der Waals surface area contributed by atoms with Gasteiger partial charge < -0.3 is 13.9 Å². The predicted molar refractivity (Wildman–Crippen MR) is 93.8 cm³/mol. The van der Waals surface area contributed by atoms with Crippen molar-refractivity contribution in [3.05, 3.63) is 71.5 Å². The Kier molecular flexibility index (Phi) is 4.99. The number of Topliss-reactive ketones (excluding diaryl/α,β-unsaturated/α-hetero) is 1. The zero-order valence-corrected chi connectivity index (χ0v) is 14.1. The fraction of sp³-hybridized carbons (Fsp3) is 0.150. The number of carbonyl (C=O) groups excluding carboxylic acids is 2. The monoisotopic (exact) mass is 348 g/mol. The average Bonchev–Trinajstić information content (AvgIpc) is 3.02. The first kappa shape index (κ1) is 17.2. The predicted octanol–water partition coefficient (Wildman–Crippen LogP) is 3.14. The summed E-state index contributed by atoms with van der Waals surface area (Å²) in [4.78, 5) is 23.1. The molecule has 0 amide bonds. The van der Waals surface area contributed by atoms with E-state index < -0.39 is 5.97 Å². The van der Waals surface area contributed by atoms with Gasteiger partial charge in [0.05, 0.1) is 11.1 Å². The smallest absolute Gasteiger partial charge is 0.344 e. The van der Waals surface area contributed by atoms with Crippen LogP contribution in [-0.4, -0.2) is 22.8 Å². The quantitative estimate of drug-likeness (QED) is 0.505. The number of fused-ring (bicyclic) bond motifs is 1. The number of ketones is 1. The van der Waals surface area contributed by atoms with Crippen molar-refractivity contribution in [1.82, 2.24) is 4.40 Å². The van der Waals surface area contributed by atoms with Crippen molar-refractivity contribution in [3.63, 3.8) is 0 Å². The van der Waals surface area contributed by atoms with E-state index in [0.717, 1.165) is 5.52 Å². The molecule has 26 heavy (non-hydrogen) atoms. The van der Waals surface area contributed by atoms with Gasteiger partial charge in [0.2, 0.25) is 0 Å². The van der Waals surface area contributed by atoms with Gasteiger partial charge in [0.15, 0.2) is 12.4 Å². The van der Waals surface area contributed by atoms with Crippen LogP contribution in [0.3, 0.4) is 0 Å². The minimum atomic E-state index is -0.542. The van der Waals surface area contributed by atoms with Crippen LogP contribution in [0.5, 0.6) is 5.75 Å². The Labute approximate surface area is 150 Å². The summed E-state index contributed by atoms with van der Waals surface area (Å²) in [5.74, 6) is -0.108. The summed E-state index contributed by atoms with van der Waals surface area (Å²) >= 11 is 0. The third kappa shape index (κ3) is 3.73. The maximum absolute atomic E-state index is 11.9. The fourth-order valence-corrected chi connectivity index (χ4v) is 2.54. The van der Waals surface area contributed by atoms with Crippen LogP contribution in [0.25, 0.3) is 5.52 Å². The van der Waals surface area contributed by atoms with E-state index in [1.807, 2.05) is 28.8 Å². The second-order valence-corrected chi connectivity index (χ2v) is 5.66. The van der Waals surface area contributed by atoms with Crippen LogP contribution in [-0.2, 0) is 16.1 Å². The molecule has 0 aliphatic heterocycles. The highest BCUT2D eigenvalue weighted by Crippen LogP contribution is 2.18. The molecule has 0 saturated heterocycles. The fourth-order valence-electron chi connectivity index (χ4n) is 2.54. The van der Waals surface area contributed by atoms with Crippen molar-refractivity contribution in [1.29, 1.82) is 5.26 Å². The lowest BCUT2D eigenvalue weighted by atomic mass is 10.1. The lowest BCUT2D eigenvalue weighted by molar-refractivity contribution is -0.147. The number of hydrogen-bond donors (Lipinski definition) is 0. The Morgan fingerprint density at radius 1 is 1.15 bits per heavy atom. The maximum Gasteiger partial charge on any atom is 0.344 e. The summed E-state index contributed by atoms with van der Waals surface area (Å²) in [5.41, 5.74) is 2.46. The minimum Gasteiger partial charge on any atom is -0.482 e. The Morgan fingerprint density at radius 3 is 2.62 bits per heavy atom. The molecule has 6 nitrogen and oxygen atoms in total. The molecular weight excluding hydrogens is 332 g/mol. The number of rotatable bonds is 6. The highest BCUT2D eigenvalue weighted by atomic mass is 16.6. The van der Waals surface area contributed by atoms with Crippen LogP contribution in [0, 0.1) is 11.3 Å². The first-order valence-corrected chi connectivity index (χ1v) is 7.96. The van der Waals surface area contributed by atoms with E-state index in [2.05, 4.69) is 6.07 Å². The molecule has 1 aromatic carbocycles. The van der Waals surface area contributed by atoms with E-state index in [0.29, 0.717) is 22.4 Å². The highest BCUT2D eigenvalue weighted by Gasteiger charge is 2.12. The van der Waals surface area contributed by atoms with Crippen LogP contribution >= 0.6 is 0 Å². The van der Waals surface area contributed by atoms with Crippen LogP contribution < -0.4 is 4.74 Å². The number of carbonyl (C=O) groups is 2. The first-order chi connectivity index (χ1) is 12.6. The summed E-state index contributed by atoms with van der Waals surface area (Å²) in [6.45, 7) is 1.22. The van der Waals surface area contributed by atoms with Crippen molar-refractivity contribution in [3.8, 4) is 11.8 Å². The molecule has 3 aromatic rings. The van der Waals surface area contributed by atoms with E-state index in [-0.39, 0.29) is 19.0 Å². The molecule has 0 saturated carbocycles. The third-order valence-corrected chi connectivity index (χ3v) is 3.88. The lowest BCUT2D eigenvalue weighted by Crippen LogP contribution is -2.14. The standard InChI is InChI=1S/C20H16N2O4/c1-14(23)15-5-7-17(8-6-15)25-13-20(24)26-12-16-11-22-9-3-2-4-19(22)18(16)10-21/h2-9,11H,12-13H2,1H3. The lowest BCUT2D eigenvalue weighted by Gasteiger charge is -2.07.